The number of imide groups is 1. The van der Waals surface area contributed by atoms with Crippen LogP contribution in [-0.4, -0.2) is 17.8 Å². The molecule has 2 aromatic rings. The Morgan fingerprint density at radius 2 is 1.61 bits per heavy atom. The number of esters is 1. The van der Waals surface area contributed by atoms with Crippen LogP contribution in [0.15, 0.2) is 65.2 Å². The lowest BCUT2D eigenvalue weighted by molar-refractivity contribution is -0.123. The predicted octanol–water partition coefficient (Wildman–Crippen LogP) is 3.98. The van der Waals surface area contributed by atoms with Gasteiger partial charge < -0.3 is 4.74 Å². The third kappa shape index (κ3) is 2.63. The first-order chi connectivity index (χ1) is 13.5. The van der Waals surface area contributed by atoms with E-state index in [2.05, 4.69) is 28.1 Å². The summed E-state index contributed by atoms with van der Waals surface area (Å²) in [7, 11) is 0. The van der Waals surface area contributed by atoms with Crippen molar-refractivity contribution in [2.45, 2.75) is 6.42 Å². The molecule has 2 amide bonds. The number of carbonyl (C=O) groups excluding carboxylic acids is 3. The van der Waals surface area contributed by atoms with Crippen LogP contribution in [0.5, 0.6) is 5.75 Å². The second-order valence-electron chi connectivity index (χ2n) is 7.41. The van der Waals surface area contributed by atoms with Crippen molar-refractivity contribution < 1.29 is 19.1 Å². The Hall–Kier alpha value is -2.73. The Bertz CT molecular complexity index is 999. The number of benzene rings is 2. The molecule has 2 bridgehead atoms. The summed E-state index contributed by atoms with van der Waals surface area (Å²) in [5.74, 6) is -0.684. The summed E-state index contributed by atoms with van der Waals surface area (Å²) in [5.41, 5.74) is 0.865. The highest BCUT2D eigenvalue weighted by Crippen LogP contribution is 2.53. The zero-order valence-electron chi connectivity index (χ0n) is 14.7. The molecule has 0 unspecified atom stereocenters. The maximum absolute atomic E-state index is 12.9. The third-order valence-corrected chi connectivity index (χ3v) is 6.37. The number of allylic oxidation sites excluding steroid dienone is 2. The lowest BCUT2D eigenvalue weighted by Gasteiger charge is -2.18. The monoisotopic (exact) mass is 437 g/mol. The maximum Gasteiger partial charge on any atom is 0.343 e. The fraction of sp³-hybridized carbons (Fsp3) is 0.227. The smallest absolute Gasteiger partial charge is 0.343 e. The molecule has 1 heterocycles. The summed E-state index contributed by atoms with van der Waals surface area (Å²) >= 11 is 3.33. The van der Waals surface area contributed by atoms with E-state index >= 15 is 0 Å². The molecule has 0 aromatic heterocycles. The third-order valence-electron chi connectivity index (χ3n) is 5.84. The number of halogens is 1. The second kappa shape index (κ2) is 6.41. The van der Waals surface area contributed by atoms with Gasteiger partial charge in [-0.15, -0.1) is 0 Å². The van der Waals surface area contributed by atoms with Gasteiger partial charge >= 0.3 is 5.97 Å². The van der Waals surface area contributed by atoms with Gasteiger partial charge in [0.25, 0.3) is 0 Å². The number of hydrogen-bond donors (Lipinski definition) is 0. The zero-order chi connectivity index (χ0) is 19.4. The number of hydrogen-bond acceptors (Lipinski definition) is 4. The minimum absolute atomic E-state index is 0.150. The van der Waals surface area contributed by atoms with Gasteiger partial charge in [-0.05, 0) is 54.7 Å². The van der Waals surface area contributed by atoms with Crippen molar-refractivity contribution in [1.82, 2.24) is 0 Å². The molecule has 1 saturated heterocycles. The van der Waals surface area contributed by atoms with Crippen LogP contribution in [0.25, 0.3) is 0 Å². The zero-order valence-corrected chi connectivity index (χ0v) is 16.3. The minimum Gasteiger partial charge on any atom is -0.423 e. The number of amides is 2. The molecule has 2 aromatic carbocycles. The molecule has 0 N–H and O–H groups in total. The summed E-state index contributed by atoms with van der Waals surface area (Å²) in [5, 5.41) is 0. The van der Waals surface area contributed by atoms with Crippen LogP contribution < -0.4 is 9.64 Å². The largest absolute Gasteiger partial charge is 0.423 e. The van der Waals surface area contributed by atoms with E-state index in [9.17, 15) is 14.4 Å². The van der Waals surface area contributed by atoms with Gasteiger partial charge in [-0.1, -0.05) is 34.1 Å². The Labute approximate surface area is 170 Å². The van der Waals surface area contributed by atoms with Crippen molar-refractivity contribution >= 4 is 39.4 Å². The van der Waals surface area contributed by atoms with Gasteiger partial charge in [0.05, 0.1) is 23.1 Å². The van der Waals surface area contributed by atoms with Crippen LogP contribution in [0.3, 0.4) is 0 Å². The molecule has 6 heteroatoms. The van der Waals surface area contributed by atoms with Gasteiger partial charge in [-0.3, -0.25) is 9.59 Å². The molecule has 4 atom stereocenters. The van der Waals surface area contributed by atoms with Crippen molar-refractivity contribution in [3.63, 3.8) is 0 Å². The molecule has 5 rings (SSSR count). The van der Waals surface area contributed by atoms with Gasteiger partial charge in [-0.25, -0.2) is 9.69 Å². The summed E-state index contributed by atoms with van der Waals surface area (Å²) in [6.07, 6.45) is 5.03. The van der Waals surface area contributed by atoms with E-state index in [0.717, 1.165) is 10.9 Å². The molecular formula is C22H16BrNO4. The normalized spacial score (nSPS) is 27.4. The maximum atomic E-state index is 12.9. The number of ether oxygens (including phenoxy) is 1. The average Bonchev–Trinajstić information content (AvgIpc) is 3.36. The molecule has 140 valence electrons. The Morgan fingerprint density at radius 1 is 0.964 bits per heavy atom. The average molecular weight is 438 g/mol. The minimum atomic E-state index is -0.497. The molecule has 0 radical (unpaired) electrons. The van der Waals surface area contributed by atoms with E-state index < -0.39 is 5.97 Å². The molecule has 3 aliphatic rings. The van der Waals surface area contributed by atoms with Crippen LogP contribution >= 0.6 is 15.9 Å². The first-order valence-corrected chi connectivity index (χ1v) is 9.96. The van der Waals surface area contributed by atoms with Crippen LogP contribution in [0.4, 0.5) is 5.69 Å². The van der Waals surface area contributed by atoms with Gasteiger partial charge in [0, 0.05) is 10.5 Å². The molecule has 1 saturated carbocycles. The Balaban J connectivity index is 1.39. The van der Waals surface area contributed by atoms with Gasteiger partial charge in [-0.2, -0.15) is 0 Å². The van der Waals surface area contributed by atoms with Crippen LogP contribution in [0.2, 0.25) is 0 Å². The molecular weight excluding hydrogens is 422 g/mol. The van der Waals surface area contributed by atoms with Crippen LogP contribution in [0.1, 0.15) is 16.8 Å². The predicted molar refractivity (Wildman–Crippen MR) is 106 cm³/mol. The molecule has 1 aliphatic heterocycles. The summed E-state index contributed by atoms with van der Waals surface area (Å²) in [6, 6.07) is 13.4. The van der Waals surface area contributed by atoms with Crippen LogP contribution in [0, 0.1) is 23.7 Å². The van der Waals surface area contributed by atoms with Crippen molar-refractivity contribution in [2.75, 3.05) is 4.90 Å². The topological polar surface area (TPSA) is 63.7 Å². The van der Waals surface area contributed by atoms with Crippen LogP contribution in [-0.2, 0) is 9.59 Å². The first-order valence-electron chi connectivity index (χ1n) is 9.17. The van der Waals surface area contributed by atoms with Crippen molar-refractivity contribution in [3.05, 3.63) is 70.7 Å². The van der Waals surface area contributed by atoms with Gasteiger partial charge in [0.2, 0.25) is 11.8 Å². The van der Waals surface area contributed by atoms with Crippen molar-refractivity contribution in [1.29, 1.82) is 0 Å². The van der Waals surface area contributed by atoms with E-state index in [4.69, 9.17) is 4.74 Å². The quantitative estimate of drug-likeness (QED) is 0.315. The Kier molecular flexibility index (Phi) is 3.98. The van der Waals surface area contributed by atoms with Gasteiger partial charge in [0.1, 0.15) is 5.75 Å². The molecule has 28 heavy (non-hydrogen) atoms. The number of carbonyl (C=O) groups is 3. The standard InChI is InChI=1S/C22H16BrNO4/c23-15-8-6-12(7-9-15)22(27)28-17-3-1-2-16(11-17)24-20(25)18-13-4-5-14(10-13)19(18)21(24)26/h1-9,11,13-14,18-19H,10H2/t13-,14+,18-,19-/m0/s1. The molecule has 2 aliphatic carbocycles. The summed E-state index contributed by atoms with van der Waals surface area (Å²) < 4.78 is 6.31. The molecule has 5 nitrogen and oxygen atoms in total. The van der Waals surface area contributed by atoms with E-state index in [1.807, 2.05) is 0 Å². The van der Waals surface area contributed by atoms with E-state index in [1.54, 1.807) is 48.5 Å². The molecule has 0 spiro atoms. The summed E-state index contributed by atoms with van der Waals surface area (Å²) in [4.78, 5) is 39.5. The second-order valence-corrected chi connectivity index (χ2v) is 8.32. The van der Waals surface area contributed by atoms with E-state index in [-0.39, 0.29) is 35.5 Å². The van der Waals surface area contributed by atoms with E-state index in [0.29, 0.717) is 17.0 Å². The highest BCUT2D eigenvalue weighted by molar-refractivity contribution is 9.10. The molecule has 2 fully saturated rings. The first kappa shape index (κ1) is 17.4. The fourth-order valence-corrected chi connectivity index (χ4v) is 4.86. The van der Waals surface area contributed by atoms with Crippen molar-refractivity contribution in [3.8, 4) is 5.75 Å². The van der Waals surface area contributed by atoms with Crippen molar-refractivity contribution in [2.24, 2.45) is 23.7 Å². The number of rotatable bonds is 3. The highest BCUT2D eigenvalue weighted by atomic mass is 79.9. The van der Waals surface area contributed by atoms with E-state index in [1.165, 1.54) is 4.90 Å². The SMILES string of the molecule is O=C(Oc1cccc(N2C(=O)[C@@H]3[C@@H](C2=O)[C@H]2C=C[C@@H]3C2)c1)c1ccc(Br)cc1. The number of anilines is 1. The number of nitrogens with zero attached hydrogens (tertiary/aromatic N) is 1. The highest BCUT2D eigenvalue weighted by Gasteiger charge is 2.59. The lowest BCUT2D eigenvalue weighted by atomic mass is 9.85. The Morgan fingerprint density at radius 3 is 2.25 bits per heavy atom. The lowest BCUT2D eigenvalue weighted by Crippen LogP contribution is -2.32. The van der Waals surface area contributed by atoms with Gasteiger partial charge in [0.15, 0.2) is 0 Å². The number of fused-ring (bicyclic) bond motifs is 5. The summed E-state index contributed by atoms with van der Waals surface area (Å²) in [6.45, 7) is 0. The fourth-order valence-electron chi connectivity index (χ4n) is 4.59.